The van der Waals surface area contributed by atoms with Crippen LogP contribution in [0.25, 0.3) is 0 Å². The zero-order valence-corrected chi connectivity index (χ0v) is 20.1. The molecule has 9 nitrogen and oxygen atoms in total. The average Bonchev–Trinajstić information content (AvgIpc) is 2.86. The number of rotatable bonds is 10. The highest BCUT2D eigenvalue weighted by atomic mass is 32.2. The van der Waals surface area contributed by atoms with E-state index in [4.69, 9.17) is 9.57 Å². The van der Waals surface area contributed by atoms with Crippen LogP contribution >= 0.6 is 0 Å². The number of hydrogen-bond acceptors (Lipinski definition) is 7. The summed E-state index contributed by atoms with van der Waals surface area (Å²) >= 11 is 0. The quantitative estimate of drug-likeness (QED) is 0.306. The van der Waals surface area contributed by atoms with E-state index in [9.17, 15) is 31.2 Å². The molecular formula is C24H21F3N2O7S. The molecule has 0 radical (unpaired) electrons. The van der Waals surface area contributed by atoms with Crippen LogP contribution in [-0.4, -0.2) is 39.8 Å². The van der Waals surface area contributed by atoms with Gasteiger partial charge in [-0.25, -0.2) is 0 Å². The van der Waals surface area contributed by atoms with Gasteiger partial charge >= 0.3 is 12.3 Å². The van der Waals surface area contributed by atoms with Crippen molar-refractivity contribution in [1.82, 2.24) is 5.32 Å². The van der Waals surface area contributed by atoms with Crippen LogP contribution in [0.5, 0.6) is 11.5 Å². The van der Waals surface area contributed by atoms with E-state index >= 15 is 0 Å². The van der Waals surface area contributed by atoms with Gasteiger partial charge in [-0.2, -0.15) is 8.42 Å². The maximum absolute atomic E-state index is 13.4. The van der Waals surface area contributed by atoms with Gasteiger partial charge in [0.2, 0.25) is 0 Å². The lowest BCUT2D eigenvalue weighted by Crippen LogP contribution is -2.34. The van der Waals surface area contributed by atoms with Crippen molar-refractivity contribution in [3.63, 3.8) is 0 Å². The SMILES string of the molecule is CCOC(=O)CNC(=O)c1ccc(S(=O)(=O)N(Oc2ccc(OC(F)(F)F)cc2)c2ccccc2)cc1. The summed E-state index contributed by atoms with van der Waals surface area (Å²) in [6, 6.07) is 16.7. The molecule has 0 unspecified atom stereocenters. The molecule has 0 aliphatic rings. The summed E-state index contributed by atoms with van der Waals surface area (Å²) < 4.78 is 73.2. The second kappa shape index (κ2) is 11.6. The van der Waals surface area contributed by atoms with Gasteiger partial charge in [-0.3, -0.25) is 9.59 Å². The number of alkyl halides is 3. The van der Waals surface area contributed by atoms with Crippen molar-refractivity contribution in [2.45, 2.75) is 18.2 Å². The summed E-state index contributed by atoms with van der Waals surface area (Å²) in [6.07, 6.45) is -4.89. The molecule has 0 atom stereocenters. The van der Waals surface area contributed by atoms with Crippen molar-refractivity contribution in [1.29, 1.82) is 0 Å². The first-order chi connectivity index (χ1) is 17.5. The van der Waals surface area contributed by atoms with E-state index < -0.39 is 34.0 Å². The van der Waals surface area contributed by atoms with Crippen LogP contribution in [0.15, 0.2) is 83.8 Å². The van der Waals surface area contributed by atoms with Crippen LogP contribution in [0, 0.1) is 0 Å². The third-order valence-electron chi connectivity index (χ3n) is 4.54. The Balaban J connectivity index is 1.83. The third-order valence-corrected chi connectivity index (χ3v) is 6.13. The van der Waals surface area contributed by atoms with Gasteiger partial charge in [0.25, 0.3) is 15.9 Å². The molecule has 13 heteroatoms. The van der Waals surface area contributed by atoms with Crippen molar-refractivity contribution in [3.05, 3.63) is 84.4 Å². The van der Waals surface area contributed by atoms with E-state index in [0.717, 1.165) is 24.3 Å². The molecule has 1 amide bonds. The molecule has 3 rings (SSSR count). The monoisotopic (exact) mass is 538 g/mol. The Bertz CT molecular complexity index is 1320. The van der Waals surface area contributed by atoms with Gasteiger partial charge in [-0.1, -0.05) is 22.7 Å². The second-order valence-electron chi connectivity index (χ2n) is 7.19. The van der Waals surface area contributed by atoms with Gasteiger partial charge < -0.3 is 19.6 Å². The summed E-state index contributed by atoms with van der Waals surface area (Å²) in [7, 11) is -4.37. The van der Waals surface area contributed by atoms with E-state index in [1.807, 2.05) is 0 Å². The predicted octanol–water partition coefficient (Wildman–Crippen LogP) is 4.07. The van der Waals surface area contributed by atoms with Crippen LogP contribution in [-0.2, 0) is 19.6 Å². The molecule has 1 N–H and O–H groups in total. The molecule has 0 heterocycles. The zero-order valence-electron chi connectivity index (χ0n) is 19.3. The van der Waals surface area contributed by atoms with Crippen LogP contribution in [0.1, 0.15) is 17.3 Å². The number of amides is 1. The molecule has 0 spiro atoms. The van der Waals surface area contributed by atoms with Crippen LogP contribution in [0.2, 0.25) is 0 Å². The van der Waals surface area contributed by atoms with Crippen LogP contribution in [0.4, 0.5) is 18.9 Å². The molecular weight excluding hydrogens is 517 g/mol. The lowest BCUT2D eigenvalue weighted by atomic mass is 10.2. The van der Waals surface area contributed by atoms with Gasteiger partial charge in [-0.05, 0) is 67.6 Å². The second-order valence-corrected chi connectivity index (χ2v) is 8.94. The first-order valence-corrected chi connectivity index (χ1v) is 12.1. The van der Waals surface area contributed by atoms with Crippen molar-refractivity contribution < 1.29 is 45.5 Å². The van der Waals surface area contributed by atoms with Crippen molar-refractivity contribution in [2.24, 2.45) is 0 Å². The van der Waals surface area contributed by atoms with E-state index in [2.05, 4.69) is 10.1 Å². The molecule has 196 valence electrons. The maximum atomic E-state index is 13.4. The molecule has 0 aromatic heterocycles. The standard InChI is InChI=1S/C24H21F3N2O7S/c1-2-34-22(30)16-28-23(31)17-8-14-21(15-9-17)37(32,33)29(18-6-4-3-5-7-18)36-20-12-10-19(11-13-20)35-24(25,26)27/h3-15H,2,16H2,1H3,(H,28,31). The summed E-state index contributed by atoms with van der Waals surface area (Å²) in [5.74, 6) is -1.83. The molecule has 0 saturated heterocycles. The fourth-order valence-electron chi connectivity index (χ4n) is 2.93. The molecule has 0 bridgehead atoms. The third kappa shape index (κ3) is 7.61. The molecule has 0 aliphatic carbocycles. The number of esters is 1. The van der Waals surface area contributed by atoms with E-state index in [-0.39, 0.29) is 35.0 Å². The van der Waals surface area contributed by atoms with Crippen molar-refractivity contribution in [2.75, 3.05) is 17.6 Å². The smallest absolute Gasteiger partial charge is 0.465 e. The van der Waals surface area contributed by atoms with Crippen LogP contribution in [0.3, 0.4) is 0 Å². The van der Waals surface area contributed by atoms with Gasteiger partial charge in [0.15, 0.2) is 5.75 Å². The minimum Gasteiger partial charge on any atom is -0.465 e. The minimum atomic E-state index is -4.89. The first-order valence-electron chi connectivity index (χ1n) is 10.7. The summed E-state index contributed by atoms with van der Waals surface area (Å²) in [6.45, 7) is 1.43. The number of nitrogens with one attached hydrogen (secondary N) is 1. The Morgan fingerprint density at radius 1 is 0.892 bits per heavy atom. The van der Waals surface area contributed by atoms with Gasteiger partial charge in [0.1, 0.15) is 12.3 Å². The Kier molecular flexibility index (Phi) is 8.60. The Hall–Kier alpha value is -4.26. The fraction of sp³-hybridized carbons (Fsp3) is 0.167. The first kappa shape index (κ1) is 27.3. The minimum absolute atomic E-state index is 0.0862. The highest BCUT2D eigenvalue weighted by Gasteiger charge is 2.31. The van der Waals surface area contributed by atoms with Gasteiger partial charge in [0, 0.05) is 5.56 Å². The maximum Gasteiger partial charge on any atom is 0.573 e. The lowest BCUT2D eigenvalue weighted by molar-refractivity contribution is -0.274. The summed E-state index contributed by atoms with van der Waals surface area (Å²) in [4.78, 5) is 29.0. The average molecular weight is 539 g/mol. The number of nitrogens with zero attached hydrogens (tertiary/aromatic N) is 1. The largest absolute Gasteiger partial charge is 0.573 e. The molecule has 37 heavy (non-hydrogen) atoms. The number of sulfonamides is 1. The normalized spacial score (nSPS) is 11.4. The molecule has 0 saturated carbocycles. The summed E-state index contributed by atoms with van der Waals surface area (Å²) in [5, 5.41) is 2.36. The van der Waals surface area contributed by atoms with Crippen molar-refractivity contribution in [3.8, 4) is 11.5 Å². The van der Waals surface area contributed by atoms with Gasteiger partial charge in [-0.15, -0.1) is 13.2 Å². The molecule has 0 fully saturated rings. The number of hydrogen-bond donors (Lipinski definition) is 1. The number of carbonyl (C=O) groups is 2. The molecule has 3 aromatic rings. The molecule has 3 aromatic carbocycles. The van der Waals surface area contributed by atoms with E-state index in [1.165, 1.54) is 36.4 Å². The fourth-order valence-corrected chi connectivity index (χ4v) is 4.18. The Morgan fingerprint density at radius 3 is 2.05 bits per heavy atom. The highest BCUT2D eigenvalue weighted by molar-refractivity contribution is 7.92. The number of anilines is 1. The number of carbonyl (C=O) groups excluding carboxylic acids is 2. The lowest BCUT2D eigenvalue weighted by Gasteiger charge is -2.24. The Labute approximate surface area is 210 Å². The highest BCUT2D eigenvalue weighted by Crippen LogP contribution is 2.29. The molecule has 0 aliphatic heterocycles. The Morgan fingerprint density at radius 2 is 1.49 bits per heavy atom. The number of benzene rings is 3. The number of ether oxygens (including phenoxy) is 2. The van der Waals surface area contributed by atoms with Gasteiger partial charge in [0.05, 0.1) is 17.2 Å². The van der Waals surface area contributed by atoms with Crippen molar-refractivity contribution >= 4 is 27.6 Å². The predicted molar refractivity (Wildman–Crippen MR) is 125 cm³/mol. The van der Waals surface area contributed by atoms with E-state index in [1.54, 1.807) is 25.1 Å². The topological polar surface area (TPSA) is 111 Å². The van der Waals surface area contributed by atoms with E-state index in [0.29, 0.717) is 4.47 Å². The zero-order chi connectivity index (χ0) is 27.1. The number of halogens is 3. The summed E-state index contributed by atoms with van der Waals surface area (Å²) in [5.41, 5.74) is 0.199. The van der Waals surface area contributed by atoms with Crippen LogP contribution < -0.4 is 19.4 Å². The number of para-hydroxylation sites is 1.